The maximum absolute atomic E-state index is 11.6. The molecule has 1 aliphatic rings. The minimum atomic E-state index is -0.728. The number of nitrogens with two attached hydrogens (primary N) is 1. The standard InChI is InChI=1S/C18H14N4O/c19-11-14-17(18(20)23)22-16(13-9-5-2-6-10-13)15(21-14)12-7-3-1-4-8-12/h1-10,15,21H,(H2,20,23). The summed E-state index contributed by atoms with van der Waals surface area (Å²) < 4.78 is 0. The largest absolute Gasteiger partial charge is 0.364 e. The highest BCUT2D eigenvalue weighted by molar-refractivity contribution is 6.09. The molecule has 23 heavy (non-hydrogen) atoms. The van der Waals surface area contributed by atoms with Crippen LogP contribution < -0.4 is 11.1 Å². The Labute approximate surface area is 133 Å². The Bertz CT molecular complexity index is 832. The van der Waals surface area contributed by atoms with Crippen LogP contribution in [0.3, 0.4) is 0 Å². The first kappa shape index (κ1) is 14.5. The van der Waals surface area contributed by atoms with Crippen LogP contribution in [0.25, 0.3) is 0 Å². The van der Waals surface area contributed by atoms with Gasteiger partial charge in [-0.25, -0.2) is 4.99 Å². The Kier molecular flexibility index (Phi) is 3.89. The Hall–Kier alpha value is -3.39. The average molecular weight is 302 g/mol. The van der Waals surface area contributed by atoms with Crippen LogP contribution in [-0.2, 0) is 4.79 Å². The molecule has 1 atom stereocenters. The van der Waals surface area contributed by atoms with Crippen LogP contribution in [0.1, 0.15) is 17.2 Å². The van der Waals surface area contributed by atoms with Gasteiger partial charge in [-0.1, -0.05) is 60.7 Å². The van der Waals surface area contributed by atoms with Gasteiger partial charge in [0.15, 0.2) is 5.70 Å². The van der Waals surface area contributed by atoms with Crippen LogP contribution in [0.4, 0.5) is 0 Å². The predicted molar refractivity (Wildman–Crippen MR) is 87.1 cm³/mol. The van der Waals surface area contributed by atoms with Gasteiger partial charge in [0.25, 0.3) is 5.91 Å². The van der Waals surface area contributed by atoms with Crippen molar-refractivity contribution in [3.8, 4) is 6.07 Å². The second-order valence-corrected chi connectivity index (χ2v) is 5.05. The maximum atomic E-state index is 11.6. The first-order chi connectivity index (χ1) is 11.2. The van der Waals surface area contributed by atoms with E-state index in [2.05, 4.69) is 10.3 Å². The summed E-state index contributed by atoms with van der Waals surface area (Å²) in [5, 5.41) is 12.4. The molecule has 0 saturated carbocycles. The number of nitrogens with one attached hydrogen (secondary N) is 1. The van der Waals surface area contributed by atoms with Gasteiger partial charge >= 0.3 is 0 Å². The summed E-state index contributed by atoms with van der Waals surface area (Å²) in [7, 11) is 0. The maximum Gasteiger partial charge on any atom is 0.270 e. The molecule has 5 nitrogen and oxygen atoms in total. The number of nitriles is 1. The van der Waals surface area contributed by atoms with E-state index in [0.29, 0.717) is 5.71 Å². The minimum absolute atomic E-state index is 0.0430. The zero-order chi connectivity index (χ0) is 16.2. The number of aliphatic imine (C=N–C) groups is 1. The van der Waals surface area contributed by atoms with Crippen molar-refractivity contribution in [3.05, 3.63) is 83.2 Å². The third-order valence-electron chi connectivity index (χ3n) is 3.58. The number of nitrogens with zero attached hydrogens (tertiary/aromatic N) is 2. The molecule has 0 bridgehead atoms. The highest BCUT2D eigenvalue weighted by Gasteiger charge is 2.28. The van der Waals surface area contributed by atoms with E-state index in [1.165, 1.54) is 0 Å². The Balaban J connectivity index is 2.17. The van der Waals surface area contributed by atoms with Gasteiger partial charge in [0.05, 0.1) is 11.8 Å². The first-order valence-electron chi connectivity index (χ1n) is 7.10. The summed E-state index contributed by atoms with van der Waals surface area (Å²) >= 11 is 0. The molecule has 0 fully saturated rings. The topological polar surface area (TPSA) is 91.3 Å². The number of hydrogen-bond acceptors (Lipinski definition) is 4. The molecule has 0 aromatic heterocycles. The molecule has 0 aliphatic carbocycles. The molecule has 112 valence electrons. The lowest BCUT2D eigenvalue weighted by atomic mass is 9.94. The fourth-order valence-corrected chi connectivity index (χ4v) is 2.51. The summed E-state index contributed by atoms with van der Waals surface area (Å²) in [6, 6.07) is 20.8. The Morgan fingerprint density at radius 1 is 1.09 bits per heavy atom. The summed E-state index contributed by atoms with van der Waals surface area (Å²) in [6.07, 6.45) is 0. The summed E-state index contributed by atoms with van der Waals surface area (Å²) in [6.45, 7) is 0. The number of carbonyl (C=O) groups is 1. The average Bonchev–Trinajstić information content (AvgIpc) is 2.62. The second-order valence-electron chi connectivity index (χ2n) is 5.05. The van der Waals surface area contributed by atoms with E-state index in [-0.39, 0.29) is 17.4 Å². The number of benzene rings is 2. The van der Waals surface area contributed by atoms with E-state index in [0.717, 1.165) is 11.1 Å². The van der Waals surface area contributed by atoms with Crippen molar-refractivity contribution in [2.24, 2.45) is 10.7 Å². The van der Waals surface area contributed by atoms with E-state index in [9.17, 15) is 10.1 Å². The quantitative estimate of drug-likeness (QED) is 0.909. The van der Waals surface area contributed by atoms with Crippen LogP contribution in [0.15, 0.2) is 77.1 Å². The third kappa shape index (κ3) is 2.83. The van der Waals surface area contributed by atoms with Crippen molar-refractivity contribution in [2.45, 2.75) is 6.04 Å². The molecule has 5 heteroatoms. The fraction of sp³-hybridized carbons (Fsp3) is 0.0556. The predicted octanol–water partition coefficient (Wildman–Crippen LogP) is 2.04. The number of carbonyl (C=O) groups excluding carboxylic acids is 1. The lowest BCUT2D eigenvalue weighted by Gasteiger charge is -2.26. The molecule has 1 amide bonds. The number of allylic oxidation sites excluding steroid dienone is 1. The van der Waals surface area contributed by atoms with Crippen molar-refractivity contribution in [3.63, 3.8) is 0 Å². The number of hydrogen-bond donors (Lipinski definition) is 2. The van der Waals surface area contributed by atoms with Crippen LogP contribution in [0.5, 0.6) is 0 Å². The smallest absolute Gasteiger partial charge is 0.270 e. The molecule has 0 saturated heterocycles. The lowest BCUT2D eigenvalue weighted by Crippen LogP contribution is -2.35. The Morgan fingerprint density at radius 2 is 1.70 bits per heavy atom. The fourth-order valence-electron chi connectivity index (χ4n) is 2.51. The normalized spacial score (nSPS) is 17.0. The van der Waals surface area contributed by atoms with Crippen molar-refractivity contribution in [1.82, 2.24) is 5.32 Å². The van der Waals surface area contributed by atoms with Gasteiger partial charge in [0.2, 0.25) is 0 Å². The third-order valence-corrected chi connectivity index (χ3v) is 3.58. The van der Waals surface area contributed by atoms with Gasteiger partial charge in [0, 0.05) is 0 Å². The van der Waals surface area contributed by atoms with E-state index >= 15 is 0 Å². The van der Waals surface area contributed by atoms with Gasteiger partial charge in [-0.15, -0.1) is 0 Å². The van der Waals surface area contributed by atoms with E-state index < -0.39 is 5.91 Å². The van der Waals surface area contributed by atoms with E-state index in [1.54, 1.807) is 0 Å². The van der Waals surface area contributed by atoms with Gasteiger partial charge in [-0.05, 0) is 11.1 Å². The summed E-state index contributed by atoms with van der Waals surface area (Å²) in [5.74, 6) is -0.728. The van der Waals surface area contributed by atoms with Gasteiger partial charge in [0.1, 0.15) is 11.8 Å². The zero-order valence-corrected chi connectivity index (χ0v) is 12.2. The second kappa shape index (κ2) is 6.16. The van der Waals surface area contributed by atoms with Crippen molar-refractivity contribution < 1.29 is 4.79 Å². The molecule has 2 aromatic rings. The molecule has 0 radical (unpaired) electrons. The van der Waals surface area contributed by atoms with Gasteiger partial charge in [-0.3, -0.25) is 4.79 Å². The zero-order valence-electron chi connectivity index (χ0n) is 12.2. The first-order valence-corrected chi connectivity index (χ1v) is 7.10. The van der Waals surface area contributed by atoms with Crippen LogP contribution in [-0.4, -0.2) is 11.6 Å². The van der Waals surface area contributed by atoms with Crippen molar-refractivity contribution in [2.75, 3.05) is 0 Å². The lowest BCUT2D eigenvalue weighted by molar-refractivity contribution is -0.114. The van der Waals surface area contributed by atoms with Crippen molar-refractivity contribution in [1.29, 1.82) is 5.26 Å². The summed E-state index contributed by atoms with van der Waals surface area (Å²) in [4.78, 5) is 16.0. The van der Waals surface area contributed by atoms with Crippen molar-refractivity contribution >= 4 is 11.6 Å². The van der Waals surface area contributed by atoms with Crippen LogP contribution in [0.2, 0.25) is 0 Å². The number of primary amides is 1. The molecule has 3 N–H and O–H groups in total. The van der Waals surface area contributed by atoms with E-state index in [4.69, 9.17) is 5.73 Å². The molecular formula is C18H14N4O. The van der Waals surface area contributed by atoms with Crippen LogP contribution >= 0.6 is 0 Å². The molecule has 1 heterocycles. The Morgan fingerprint density at radius 3 is 2.26 bits per heavy atom. The molecule has 2 aromatic carbocycles. The van der Waals surface area contributed by atoms with Gasteiger partial charge in [-0.2, -0.15) is 5.26 Å². The monoisotopic (exact) mass is 302 g/mol. The molecule has 3 rings (SSSR count). The van der Waals surface area contributed by atoms with E-state index in [1.807, 2.05) is 66.7 Å². The molecule has 1 aliphatic heterocycles. The van der Waals surface area contributed by atoms with Gasteiger partial charge < -0.3 is 11.1 Å². The molecule has 1 unspecified atom stereocenters. The SMILES string of the molecule is N#CC1=C(C(N)=O)N=C(c2ccccc2)C(c2ccccc2)N1. The van der Waals surface area contributed by atoms with Crippen LogP contribution in [0, 0.1) is 11.3 Å². The molecule has 0 spiro atoms. The highest BCUT2D eigenvalue weighted by atomic mass is 16.1. The summed E-state index contributed by atoms with van der Waals surface area (Å²) in [5.41, 5.74) is 7.88. The minimum Gasteiger partial charge on any atom is -0.364 e. The molecular weight excluding hydrogens is 288 g/mol. The highest BCUT2D eigenvalue weighted by Crippen LogP contribution is 2.26. The number of amides is 1. The number of rotatable bonds is 3.